The molecule has 0 radical (unpaired) electrons. The number of urea groups is 1. The monoisotopic (exact) mass is 385 g/mol. The lowest BCUT2D eigenvalue weighted by molar-refractivity contribution is -0.136. The van der Waals surface area contributed by atoms with Crippen LogP contribution in [0.5, 0.6) is 5.75 Å². The number of benzene rings is 1. The Hall–Kier alpha value is -2.57. The van der Waals surface area contributed by atoms with E-state index in [-0.39, 0.29) is 24.4 Å². The number of hydrogen-bond acceptors (Lipinski definition) is 4. The van der Waals surface area contributed by atoms with E-state index in [2.05, 4.69) is 24.5 Å². The van der Waals surface area contributed by atoms with Crippen LogP contribution in [0.2, 0.25) is 0 Å². The summed E-state index contributed by atoms with van der Waals surface area (Å²) in [6.45, 7) is 4.43. The van der Waals surface area contributed by atoms with E-state index in [9.17, 15) is 14.4 Å². The Kier molecular flexibility index (Phi) is 4.77. The van der Waals surface area contributed by atoms with Crippen LogP contribution in [-0.4, -0.2) is 41.9 Å². The molecule has 2 N–H and O–H groups in total. The quantitative estimate of drug-likeness (QED) is 0.781. The molecule has 3 aliphatic rings. The van der Waals surface area contributed by atoms with E-state index < -0.39 is 11.6 Å². The maximum atomic E-state index is 13.2. The molecule has 4 amide bonds. The molecule has 2 fully saturated rings. The maximum Gasteiger partial charge on any atom is 0.325 e. The maximum absolute atomic E-state index is 13.2. The van der Waals surface area contributed by atoms with Gasteiger partial charge >= 0.3 is 6.03 Å². The Morgan fingerprint density at radius 1 is 1.29 bits per heavy atom. The van der Waals surface area contributed by atoms with Gasteiger partial charge in [-0.1, -0.05) is 44.9 Å². The van der Waals surface area contributed by atoms with Gasteiger partial charge in [-0.15, -0.1) is 0 Å². The molecule has 4 atom stereocenters. The van der Waals surface area contributed by atoms with E-state index in [4.69, 9.17) is 4.74 Å². The molecule has 2 heterocycles. The number of ether oxygens (including phenoxy) is 1. The molecule has 1 aromatic rings. The van der Waals surface area contributed by atoms with Crippen molar-refractivity contribution in [3.63, 3.8) is 0 Å². The SMILES string of the molecule is CC1CCCC(NC(=O)CN2C(=O)NC3(CCOc4ccccc43)C2=O)C1C. The normalized spacial score (nSPS) is 31.9. The smallest absolute Gasteiger partial charge is 0.325 e. The Morgan fingerprint density at radius 2 is 2.07 bits per heavy atom. The van der Waals surface area contributed by atoms with Gasteiger partial charge in [0.25, 0.3) is 5.91 Å². The predicted molar refractivity (Wildman–Crippen MR) is 103 cm³/mol. The number of imide groups is 1. The van der Waals surface area contributed by atoms with Gasteiger partial charge in [-0.05, 0) is 24.3 Å². The molecule has 0 aromatic heterocycles. The number of para-hydroxylation sites is 1. The number of rotatable bonds is 3. The fraction of sp³-hybridized carbons (Fsp3) is 0.571. The van der Waals surface area contributed by atoms with Crippen LogP contribution < -0.4 is 15.4 Å². The number of nitrogens with zero attached hydrogens (tertiary/aromatic N) is 1. The first-order valence-electron chi connectivity index (χ1n) is 10.1. The number of carbonyl (C=O) groups excluding carboxylic acids is 3. The van der Waals surface area contributed by atoms with Crippen molar-refractivity contribution in [2.75, 3.05) is 13.2 Å². The van der Waals surface area contributed by atoms with Crippen molar-refractivity contribution >= 4 is 17.8 Å². The molecule has 2 aliphatic heterocycles. The Labute approximate surface area is 164 Å². The van der Waals surface area contributed by atoms with Gasteiger partial charge in [0.1, 0.15) is 12.3 Å². The highest BCUT2D eigenvalue weighted by Crippen LogP contribution is 2.40. The zero-order chi connectivity index (χ0) is 19.9. The van der Waals surface area contributed by atoms with Crippen LogP contribution in [0.4, 0.5) is 4.79 Å². The Morgan fingerprint density at radius 3 is 2.89 bits per heavy atom. The van der Waals surface area contributed by atoms with Crippen molar-refractivity contribution in [1.29, 1.82) is 0 Å². The molecular formula is C21H27N3O4. The summed E-state index contributed by atoms with van der Waals surface area (Å²) in [5, 5.41) is 5.87. The highest BCUT2D eigenvalue weighted by molar-refractivity contribution is 6.09. The highest BCUT2D eigenvalue weighted by atomic mass is 16.5. The van der Waals surface area contributed by atoms with Gasteiger partial charge in [0, 0.05) is 18.0 Å². The highest BCUT2D eigenvalue weighted by Gasteiger charge is 2.55. The van der Waals surface area contributed by atoms with Crippen molar-refractivity contribution in [2.24, 2.45) is 11.8 Å². The zero-order valence-corrected chi connectivity index (χ0v) is 16.4. The standard InChI is InChI=1S/C21H27N3O4/c1-13-6-5-8-16(14(13)2)22-18(25)12-24-19(26)21(23-20(24)27)10-11-28-17-9-4-3-7-15(17)21/h3-4,7,9,13-14,16H,5-6,8,10-12H2,1-2H3,(H,22,25)(H,23,27). The summed E-state index contributed by atoms with van der Waals surface area (Å²) in [7, 11) is 0. The van der Waals surface area contributed by atoms with Crippen LogP contribution in [0.1, 0.15) is 45.1 Å². The minimum Gasteiger partial charge on any atom is -0.493 e. The van der Waals surface area contributed by atoms with Gasteiger partial charge in [0.15, 0.2) is 5.54 Å². The van der Waals surface area contributed by atoms with Gasteiger partial charge in [0.05, 0.1) is 6.61 Å². The van der Waals surface area contributed by atoms with Crippen LogP contribution in [0.15, 0.2) is 24.3 Å². The van der Waals surface area contributed by atoms with E-state index in [0.29, 0.717) is 36.2 Å². The number of nitrogens with one attached hydrogen (secondary N) is 2. The largest absolute Gasteiger partial charge is 0.493 e. The van der Waals surface area contributed by atoms with Gasteiger partial charge in [0.2, 0.25) is 5.91 Å². The summed E-state index contributed by atoms with van der Waals surface area (Å²) in [5.41, 5.74) is -0.490. The van der Waals surface area contributed by atoms with Crippen molar-refractivity contribution in [3.05, 3.63) is 29.8 Å². The molecular weight excluding hydrogens is 358 g/mol. The first-order chi connectivity index (χ1) is 13.4. The summed E-state index contributed by atoms with van der Waals surface area (Å²) >= 11 is 0. The predicted octanol–water partition coefficient (Wildman–Crippen LogP) is 2.16. The van der Waals surface area contributed by atoms with Crippen LogP contribution in [-0.2, 0) is 15.1 Å². The minimum atomic E-state index is -1.14. The van der Waals surface area contributed by atoms with Gasteiger partial charge in [-0.25, -0.2) is 4.79 Å². The molecule has 1 saturated carbocycles. The van der Waals surface area contributed by atoms with Crippen molar-refractivity contribution in [1.82, 2.24) is 15.5 Å². The molecule has 1 saturated heterocycles. The van der Waals surface area contributed by atoms with E-state index in [1.807, 2.05) is 12.1 Å². The first kappa shape index (κ1) is 18.8. The Balaban J connectivity index is 1.49. The summed E-state index contributed by atoms with van der Waals surface area (Å²) in [6, 6.07) is 6.79. The molecule has 7 heteroatoms. The summed E-state index contributed by atoms with van der Waals surface area (Å²) in [6.07, 6.45) is 3.54. The summed E-state index contributed by atoms with van der Waals surface area (Å²) < 4.78 is 5.63. The third-order valence-corrected chi connectivity index (χ3v) is 6.61. The van der Waals surface area contributed by atoms with Crippen LogP contribution in [0.25, 0.3) is 0 Å². The number of hydrogen-bond donors (Lipinski definition) is 2. The molecule has 1 aliphatic carbocycles. The molecule has 0 bridgehead atoms. The topological polar surface area (TPSA) is 87.7 Å². The second-order valence-corrected chi connectivity index (χ2v) is 8.26. The van der Waals surface area contributed by atoms with Gasteiger partial charge in [-0.3, -0.25) is 14.5 Å². The second-order valence-electron chi connectivity index (χ2n) is 8.26. The zero-order valence-electron chi connectivity index (χ0n) is 16.4. The molecule has 150 valence electrons. The number of amides is 4. The van der Waals surface area contributed by atoms with Crippen LogP contribution in [0.3, 0.4) is 0 Å². The number of fused-ring (bicyclic) bond motifs is 2. The second kappa shape index (κ2) is 7.11. The van der Waals surface area contributed by atoms with E-state index in [1.165, 1.54) is 6.42 Å². The summed E-state index contributed by atoms with van der Waals surface area (Å²) in [5.74, 6) is 0.867. The molecule has 1 aromatic carbocycles. The van der Waals surface area contributed by atoms with E-state index in [1.54, 1.807) is 12.1 Å². The lowest BCUT2D eigenvalue weighted by Crippen LogP contribution is -2.50. The average molecular weight is 385 g/mol. The molecule has 4 unspecified atom stereocenters. The molecule has 4 rings (SSSR count). The van der Waals surface area contributed by atoms with Crippen LogP contribution in [0, 0.1) is 11.8 Å². The third-order valence-electron chi connectivity index (χ3n) is 6.61. The lowest BCUT2D eigenvalue weighted by atomic mass is 9.78. The Bertz CT molecular complexity index is 811. The van der Waals surface area contributed by atoms with Gasteiger partial charge < -0.3 is 15.4 Å². The van der Waals surface area contributed by atoms with E-state index in [0.717, 1.165) is 17.7 Å². The fourth-order valence-corrected chi connectivity index (χ4v) is 4.70. The molecule has 7 nitrogen and oxygen atoms in total. The molecule has 28 heavy (non-hydrogen) atoms. The molecule has 1 spiro atoms. The average Bonchev–Trinajstić information content (AvgIpc) is 2.91. The third kappa shape index (κ3) is 3.02. The number of carbonyl (C=O) groups is 3. The van der Waals surface area contributed by atoms with Crippen molar-refractivity contribution in [3.8, 4) is 5.75 Å². The lowest BCUT2D eigenvalue weighted by Gasteiger charge is -2.35. The first-order valence-corrected chi connectivity index (χ1v) is 10.1. The summed E-state index contributed by atoms with van der Waals surface area (Å²) in [4.78, 5) is 39.4. The van der Waals surface area contributed by atoms with E-state index >= 15 is 0 Å². The minimum absolute atomic E-state index is 0.0924. The van der Waals surface area contributed by atoms with Gasteiger partial charge in [-0.2, -0.15) is 0 Å². The van der Waals surface area contributed by atoms with Crippen LogP contribution >= 0.6 is 0 Å². The van der Waals surface area contributed by atoms with Crippen molar-refractivity contribution in [2.45, 2.75) is 51.1 Å². The fourth-order valence-electron chi connectivity index (χ4n) is 4.70. The van der Waals surface area contributed by atoms with Crippen molar-refractivity contribution < 1.29 is 19.1 Å².